The van der Waals surface area contributed by atoms with Crippen molar-refractivity contribution in [2.24, 2.45) is 5.92 Å². The smallest absolute Gasteiger partial charge is 0.229 e. The van der Waals surface area contributed by atoms with Crippen LogP contribution in [0, 0.1) is 11.7 Å². The zero-order valence-electron chi connectivity index (χ0n) is 23.1. The molecule has 3 N–H and O–H groups in total. The van der Waals surface area contributed by atoms with Gasteiger partial charge in [0.25, 0.3) is 0 Å². The lowest BCUT2D eigenvalue weighted by atomic mass is 9.85. The third-order valence-corrected chi connectivity index (χ3v) is 8.84. The van der Waals surface area contributed by atoms with E-state index in [1.165, 1.54) is 31.4 Å². The lowest BCUT2D eigenvalue weighted by Crippen LogP contribution is -2.40. The maximum atomic E-state index is 13.6. The van der Waals surface area contributed by atoms with Gasteiger partial charge in [-0.05, 0) is 74.5 Å². The van der Waals surface area contributed by atoms with Crippen molar-refractivity contribution in [3.05, 3.63) is 53.3 Å². The molecule has 2 aliphatic rings. The number of benzene rings is 2. The first-order chi connectivity index (χ1) is 19.1. The summed E-state index contributed by atoms with van der Waals surface area (Å²) >= 11 is 0. The predicted molar refractivity (Wildman–Crippen MR) is 154 cm³/mol. The van der Waals surface area contributed by atoms with Crippen LogP contribution in [-0.2, 0) is 14.8 Å². The summed E-state index contributed by atoms with van der Waals surface area (Å²) in [4.78, 5) is 15.2. The largest absolute Gasteiger partial charge is 0.456 e. The Bertz CT molecular complexity index is 1460. The Hall–Kier alpha value is -2.95. The lowest BCUT2D eigenvalue weighted by Gasteiger charge is -2.35. The van der Waals surface area contributed by atoms with Gasteiger partial charge in [-0.1, -0.05) is 19.3 Å². The van der Waals surface area contributed by atoms with E-state index >= 15 is 0 Å². The van der Waals surface area contributed by atoms with Gasteiger partial charge in [-0.15, -0.1) is 0 Å². The van der Waals surface area contributed by atoms with Crippen LogP contribution in [-0.4, -0.2) is 50.7 Å². The fourth-order valence-electron chi connectivity index (χ4n) is 6.26. The van der Waals surface area contributed by atoms with Crippen LogP contribution < -0.4 is 10.0 Å². The minimum absolute atomic E-state index is 0.0959. The van der Waals surface area contributed by atoms with Crippen molar-refractivity contribution < 1.29 is 27.1 Å². The third kappa shape index (κ3) is 6.34. The van der Waals surface area contributed by atoms with E-state index in [2.05, 4.69) is 10.0 Å². The number of carbonyl (C=O) groups is 1. The number of fused-ring (bicyclic) bond motifs is 1. The van der Waals surface area contributed by atoms with Crippen LogP contribution >= 0.6 is 0 Å². The number of likely N-dealkylation sites (tertiary alicyclic amines) is 1. The molecule has 0 bridgehead atoms. The highest BCUT2D eigenvalue weighted by molar-refractivity contribution is 7.92. The number of anilines is 1. The van der Waals surface area contributed by atoms with E-state index in [1.54, 1.807) is 25.2 Å². The highest BCUT2D eigenvalue weighted by atomic mass is 32.2. The van der Waals surface area contributed by atoms with Crippen molar-refractivity contribution in [3.8, 4) is 11.3 Å². The van der Waals surface area contributed by atoms with E-state index in [0.717, 1.165) is 37.5 Å². The first kappa shape index (κ1) is 28.6. The fourth-order valence-corrected chi connectivity index (χ4v) is 6.84. The standard InChI is InChI=1S/C30H38FN3O5S/c1-32-30(36)28-24-16-23(21-9-6-14-34(18-21)27(35)15-19-7-4-3-5-8-19)25(33-40(2,37)38)17-26(24)39-29(28)20-10-12-22(31)13-11-20/h10-13,16-17,19,21,30,32-33,36H,3-9,14-15,18H2,1-2H3/t21-,30-/m1/s1. The zero-order chi connectivity index (χ0) is 28.4. The van der Waals surface area contributed by atoms with Crippen LogP contribution in [0.1, 0.15) is 74.6 Å². The Balaban J connectivity index is 1.55. The van der Waals surface area contributed by atoms with Crippen LogP contribution in [0.5, 0.6) is 0 Å². The van der Waals surface area contributed by atoms with Crippen molar-refractivity contribution in [1.82, 2.24) is 10.2 Å². The molecule has 1 aliphatic heterocycles. The molecule has 2 heterocycles. The van der Waals surface area contributed by atoms with Gasteiger partial charge < -0.3 is 14.4 Å². The molecule has 5 rings (SSSR count). The van der Waals surface area contributed by atoms with Crippen molar-refractivity contribution in [2.45, 2.75) is 63.5 Å². The summed E-state index contributed by atoms with van der Waals surface area (Å²) in [5, 5.41) is 14.4. The van der Waals surface area contributed by atoms with Crippen LogP contribution in [0.3, 0.4) is 0 Å². The molecule has 40 heavy (non-hydrogen) atoms. The average molecular weight is 572 g/mol. The molecule has 216 valence electrons. The van der Waals surface area contributed by atoms with Gasteiger partial charge in [-0.3, -0.25) is 14.8 Å². The van der Waals surface area contributed by atoms with Crippen LogP contribution in [0.4, 0.5) is 10.1 Å². The SMILES string of the molecule is CN[C@H](O)c1c(-c2ccc(F)cc2)oc2cc(NS(C)(=O)=O)c([C@@H]3CCCN(C(=O)CC4CCCCC4)C3)cc12. The molecule has 0 unspecified atom stereocenters. The maximum Gasteiger partial charge on any atom is 0.229 e. The number of aliphatic hydroxyl groups is 1. The molecule has 3 aromatic rings. The molecule has 1 saturated carbocycles. The van der Waals surface area contributed by atoms with Crippen molar-refractivity contribution in [1.29, 1.82) is 0 Å². The number of sulfonamides is 1. The monoisotopic (exact) mass is 571 g/mol. The number of hydrogen-bond acceptors (Lipinski definition) is 6. The molecule has 1 amide bonds. The normalized spacial score (nSPS) is 19.6. The predicted octanol–water partition coefficient (Wildman–Crippen LogP) is 5.50. The summed E-state index contributed by atoms with van der Waals surface area (Å²) < 4.78 is 47.2. The highest BCUT2D eigenvalue weighted by Crippen LogP contribution is 2.42. The summed E-state index contributed by atoms with van der Waals surface area (Å²) in [5.74, 6) is 0.497. The number of amides is 1. The Labute approximate surface area is 235 Å². The van der Waals surface area contributed by atoms with Crippen molar-refractivity contribution in [2.75, 3.05) is 31.1 Å². The summed E-state index contributed by atoms with van der Waals surface area (Å²) in [6.45, 7) is 1.20. The van der Waals surface area contributed by atoms with E-state index < -0.39 is 22.1 Å². The Morgan fingerprint density at radius 3 is 2.52 bits per heavy atom. The Morgan fingerprint density at radius 2 is 1.85 bits per heavy atom. The lowest BCUT2D eigenvalue weighted by molar-refractivity contribution is -0.133. The second-order valence-electron chi connectivity index (χ2n) is 11.2. The highest BCUT2D eigenvalue weighted by Gasteiger charge is 2.31. The van der Waals surface area contributed by atoms with E-state index in [9.17, 15) is 22.7 Å². The summed E-state index contributed by atoms with van der Waals surface area (Å²) in [6, 6.07) is 9.31. The number of halogens is 1. The number of carbonyl (C=O) groups excluding carboxylic acids is 1. The molecule has 1 aliphatic carbocycles. The van der Waals surface area contributed by atoms with Gasteiger partial charge >= 0.3 is 0 Å². The maximum absolute atomic E-state index is 13.6. The van der Waals surface area contributed by atoms with Gasteiger partial charge in [0.2, 0.25) is 15.9 Å². The molecule has 2 atom stereocenters. The number of nitrogens with one attached hydrogen (secondary N) is 2. The van der Waals surface area contributed by atoms with Crippen LogP contribution in [0.2, 0.25) is 0 Å². The van der Waals surface area contributed by atoms with Gasteiger partial charge in [0.1, 0.15) is 23.4 Å². The molecule has 8 nitrogen and oxygen atoms in total. The number of aliphatic hydroxyl groups excluding tert-OH is 1. The average Bonchev–Trinajstić information content (AvgIpc) is 3.30. The van der Waals surface area contributed by atoms with E-state index in [4.69, 9.17) is 4.42 Å². The van der Waals surface area contributed by atoms with E-state index in [-0.39, 0.29) is 11.8 Å². The summed E-state index contributed by atoms with van der Waals surface area (Å²) in [6.07, 6.45) is 8.04. The first-order valence-electron chi connectivity index (χ1n) is 14.1. The zero-order valence-corrected chi connectivity index (χ0v) is 23.9. The number of piperidine rings is 1. The van der Waals surface area contributed by atoms with Gasteiger partial charge in [0.15, 0.2) is 0 Å². The Morgan fingerprint density at radius 1 is 1.12 bits per heavy atom. The van der Waals surface area contributed by atoms with E-state index in [1.807, 2.05) is 11.0 Å². The van der Waals surface area contributed by atoms with Crippen LogP contribution in [0.25, 0.3) is 22.3 Å². The van der Waals surface area contributed by atoms with Gasteiger partial charge in [0.05, 0.1) is 11.9 Å². The molecular weight excluding hydrogens is 533 g/mol. The second kappa shape index (κ2) is 11.9. The first-order valence-corrected chi connectivity index (χ1v) is 16.0. The third-order valence-electron chi connectivity index (χ3n) is 8.25. The fraction of sp³-hybridized carbons (Fsp3) is 0.500. The molecular formula is C30H38FN3O5S. The van der Waals surface area contributed by atoms with Crippen LogP contribution in [0.15, 0.2) is 40.8 Å². The molecule has 1 saturated heterocycles. The molecule has 0 spiro atoms. The molecule has 1 aromatic heterocycles. The van der Waals surface area contributed by atoms with Gasteiger partial charge in [-0.2, -0.15) is 0 Å². The molecule has 2 fully saturated rings. The van der Waals surface area contributed by atoms with Gasteiger partial charge in [-0.25, -0.2) is 12.8 Å². The second-order valence-corrected chi connectivity index (χ2v) is 13.0. The number of furan rings is 1. The summed E-state index contributed by atoms with van der Waals surface area (Å²) in [5.41, 5.74) is 2.60. The van der Waals surface area contributed by atoms with Crippen molar-refractivity contribution >= 4 is 32.6 Å². The summed E-state index contributed by atoms with van der Waals surface area (Å²) in [7, 11) is -1.99. The molecule has 0 radical (unpaired) electrons. The van der Waals surface area contributed by atoms with Gasteiger partial charge in [0, 0.05) is 48.0 Å². The minimum atomic E-state index is -3.61. The number of hydrogen-bond donors (Lipinski definition) is 3. The minimum Gasteiger partial charge on any atom is -0.456 e. The number of nitrogens with zero attached hydrogens (tertiary/aromatic N) is 1. The molecule has 2 aromatic carbocycles. The van der Waals surface area contributed by atoms with E-state index in [0.29, 0.717) is 59.0 Å². The topological polar surface area (TPSA) is 112 Å². The van der Waals surface area contributed by atoms with Crippen molar-refractivity contribution in [3.63, 3.8) is 0 Å². The quantitative estimate of drug-likeness (QED) is 0.308. The number of rotatable bonds is 8. The molecule has 10 heteroatoms. The Kier molecular flexibility index (Phi) is 8.49.